The van der Waals surface area contributed by atoms with Crippen molar-refractivity contribution in [2.24, 2.45) is 5.14 Å². The number of thiol groups is 1. The summed E-state index contributed by atoms with van der Waals surface area (Å²) in [5.74, 6) is -2.48. The average Bonchev–Trinajstić information content (AvgIpc) is 2.55. The van der Waals surface area contributed by atoms with E-state index in [9.17, 15) is 17.2 Å². The molecule has 0 heterocycles. The molecular weight excluding hydrogens is 524 g/mol. The van der Waals surface area contributed by atoms with Crippen LogP contribution in [0.3, 0.4) is 0 Å². The van der Waals surface area contributed by atoms with Crippen LogP contribution in [-0.2, 0) is 10.0 Å². The lowest BCUT2D eigenvalue weighted by Crippen LogP contribution is -2.16. The topological polar surface area (TPSA) is 60.2 Å². The van der Waals surface area contributed by atoms with Gasteiger partial charge in [0.1, 0.15) is 11.6 Å². The highest BCUT2D eigenvalue weighted by atomic mass is 79.9. The Labute approximate surface area is 177 Å². The Kier molecular flexibility index (Phi) is 5.79. The van der Waals surface area contributed by atoms with Crippen LogP contribution in [0.5, 0.6) is 0 Å². The van der Waals surface area contributed by atoms with Crippen LogP contribution >= 0.6 is 44.5 Å². The van der Waals surface area contributed by atoms with Gasteiger partial charge in [-0.05, 0) is 84.4 Å². The van der Waals surface area contributed by atoms with Gasteiger partial charge in [0.25, 0.3) is 0 Å². The molecule has 140 valence electrons. The minimum absolute atomic E-state index is 0.177. The predicted molar refractivity (Wildman–Crippen MR) is 111 cm³/mol. The van der Waals surface area contributed by atoms with E-state index in [2.05, 4.69) is 44.5 Å². The summed E-state index contributed by atoms with van der Waals surface area (Å²) in [6, 6.07) is 12.7. The van der Waals surface area contributed by atoms with Gasteiger partial charge < -0.3 is 0 Å². The van der Waals surface area contributed by atoms with E-state index in [4.69, 9.17) is 5.14 Å². The predicted octanol–water partition coefficient (Wildman–Crippen LogP) is 5.76. The summed E-state index contributed by atoms with van der Waals surface area (Å²) in [6.45, 7) is 0. The standard InChI is InChI=1S/C18H11Br2F2NO2S2/c19-13-4-2-10(5-14(13)20)12-3-1-9(8-17(12)26)11-6-15(21)18(16(22)7-11)27(23,24)25/h1-8,26H,(H2,23,24,25). The second kappa shape index (κ2) is 7.63. The molecule has 3 aromatic rings. The number of nitrogens with two attached hydrogens (primary N) is 1. The zero-order valence-electron chi connectivity index (χ0n) is 13.4. The van der Waals surface area contributed by atoms with Crippen molar-refractivity contribution < 1.29 is 17.2 Å². The first-order valence-electron chi connectivity index (χ1n) is 7.38. The maximum atomic E-state index is 14.1. The third kappa shape index (κ3) is 4.27. The van der Waals surface area contributed by atoms with Crippen molar-refractivity contribution in [3.05, 3.63) is 69.1 Å². The maximum Gasteiger partial charge on any atom is 0.243 e. The first kappa shape index (κ1) is 20.5. The van der Waals surface area contributed by atoms with Gasteiger partial charge in [-0.2, -0.15) is 0 Å². The van der Waals surface area contributed by atoms with Crippen LogP contribution < -0.4 is 5.14 Å². The smallest absolute Gasteiger partial charge is 0.224 e. The third-order valence-electron chi connectivity index (χ3n) is 3.84. The second-order valence-electron chi connectivity index (χ2n) is 5.67. The van der Waals surface area contributed by atoms with Crippen LogP contribution in [0.2, 0.25) is 0 Å². The molecule has 3 nitrogen and oxygen atoms in total. The molecule has 2 N–H and O–H groups in total. The Hall–Kier alpha value is -1.26. The second-order valence-corrected chi connectivity index (χ2v) is 9.36. The van der Waals surface area contributed by atoms with Gasteiger partial charge >= 0.3 is 0 Å². The molecule has 0 aliphatic carbocycles. The third-order valence-corrected chi connectivity index (χ3v) is 7.05. The number of benzene rings is 3. The molecule has 3 aromatic carbocycles. The first-order chi connectivity index (χ1) is 12.6. The fraction of sp³-hybridized carbons (Fsp3) is 0. The number of rotatable bonds is 3. The summed E-state index contributed by atoms with van der Waals surface area (Å²) >= 11 is 11.3. The van der Waals surface area contributed by atoms with Gasteiger partial charge in [-0.15, -0.1) is 12.6 Å². The highest BCUT2D eigenvalue weighted by molar-refractivity contribution is 9.13. The van der Waals surface area contributed by atoms with E-state index in [1.54, 1.807) is 18.2 Å². The number of hydrogen-bond acceptors (Lipinski definition) is 3. The van der Waals surface area contributed by atoms with Crippen molar-refractivity contribution >= 4 is 54.5 Å². The molecule has 0 unspecified atom stereocenters. The maximum absolute atomic E-state index is 14.1. The molecule has 9 heteroatoms. The van der Waals surface area contributed by atoms with E-state index < -0.39 is 26.6 Å². The lowest BCUT2D eigenvalue weighted by Gasteiger charge is -2.11. The quantitative estimate of drug-likeness (QED) is 0.420. The van der Waals surface area contributed by atoms with Crippen molar-refractivity contribution in [1.82, 2.24) is 0 Å². The fourth-order valence-electron chi connectivity index (χ4n) is 2.62. The molecule has 0 saturated heterocycles. The van der Waals surface area contributed by atoms with E-state index in [0.717, 1.165) is 32.2 Å². The molecule has 0 saturated carbocycles. The summed E-state index contributed by atoms with van der Waals surface area (Å²) in [5.41, 5.74) is 2.40. The largest absolute Gasteiger partial charge is 0.243 e. The molecule has 0 fully saturated rings. The van der Waals surface area contributed by atoms with Crippen LogP contribution in [0.15, 0.2) is 67.3 Å². The zero-order chi connectivity index (χ0) is 19.9. The molecule has 0 aliphatic rings. The van der Waals surface area contributed by atoms with E-state index in [1.165, 1.54) is 0 Å². The normalized spacial score (nSPS) is 11.6. The minimum Gasteiger partial charge on any atom is -0.224 e. The van der Waals surface area contributed by atoms with Crippen LogP contribution in [0.4, 0.5) is 8.78 Å². The Bertz CT molecular complexity index is 1150. The van der Waals surface area contributed by atoms with Gasteiger partial charge in [-0.1, -0.05) is 18.2 Å². The van der Waals surface area contributed by atoms with Crippen molar-refractivity contribution in [2.45, 2.75) is 9.79 Å². The van der Waals surface area contributed by atoms with Gasteiger partial charge in [0, 0.05) is 13.8 Å². The lowest BCUT2D eigenvalue weighted by atomic mass is 10.00. The molecule has 27 heavy (non-hydrogen) atoms. The molecule has 0 radical (unpaired) electrons. The highest BCUT2D eigenvalue weighted by Gasteiger charge is 2.21. The Morgan fingerprint density at radius 3 is 1.93 bits per heavy atom. The van der Waals surface area contributed by atoms with E-state index >= 15 is 0 Å². The van der Waals surface area contributed by atoms with Crippen LogP contribution in [0.25, 0.3) is 22.3 Å². The summed E-state index contributed by atoms with van der Waals surface area (Å²) in [7, 11) is -4.50. The number of sulfonamides is 1. The van der Waals surface area contributed by atoms with E-state index in [1.807, 2.05) is 18.2 Å². The van der Waals surface area contributed by atoms with Crippen LogP contribution in [0, 0.1) is 11.6 Å². The molecule has 0 aromatic heterocycles. The summed E-state index contributed by atoms with van der Waals surface area (Å²) in [5, 5.41) is 4.85. The lowest BCUT2D eigenvalue weighted by molar-refractivity contribution is 0.520. The summed E-state index contributed by atoms with van der Waals surface area (Å²) < 4.78 is 52.6. The monoisotopic (exact) mass is 533 g/mol. The molecule has 0 bridgehead atoms. The van der Waals surface area contributed by atoms with Gasteiger partial charge in [-0.25, -0.2) is 22.3 Å². The zero-order valence-corrected chi connectivity index (χ0v) is 18.3. The molecule has 0 amide bonds. The molecule has 3 rings (SSSR count). The Morgan fingerprint density at radius 2 is 1.41 bits per heavy atom. The van der Waals surface area contributed by atoms with Crippen LogP contribution in [0.1, 0.15) is 0 Å². The SMILES string of the molecule is NS(=O)(=O)c1c(F)cc(-c2ccc(-c3ccc(Br)c(Br)c3)c(S)c2)cc1F. The summed E-state index contributed by atoms with van der Waals surface area (Å²) in [6.07, 6.45) is 0. The van der Waals surface area contributed by atoms with Gasteiger partial charge in [0.15, 0.2) is 4.90 Å². The van der Waals surface area contributed by atoms with Crippen molar-refractivity contribution in [3.63, 3.8) is 0 Å². The Balaban J connectivity index is 2.07. The molecule has 0 spiro atoms. The van der Waals surface area contributed by atoms with Gasteiger partial charge in [0.2, 0.25) is 10.0 Å². The molecule has 0 aliphatic heterocycles. The molecular formula is C18H11Br2F2NO2S2. The number of halogens is 4. The van der Waals surface area contributed by atoms with Crippen LogP contribution in [-0.4, -0.2) is 8.42 Å². The minimum atomic E-state index is -4.50. The van der Waals surface area contributed by atoms with Gasteiger partial charge in [-0.3, -0.25) is 0 Å². The highest BCUT2D eigenvalue weighted by Crippen LogP contribution is 2.35. The summed E-state index contributed by atoms with van der Waals surface area (Å²) in [4.78, 5) is -0.549. The fourth-order valence-corrected chi connectivity index (χ4v) is 4.25. The van der Waals surface area contributed by atoms with Crippen molar-refractivity contribution in [3.8, 4) is 22.3 Å². The first-order valence-corrected chi connectivity index (χ1v) is 11.0. The molecule has 0 atom stereocenters. The Morgan fingerprint density at radius 1 is 0.815 bits per heavy atom. The number of primary sulfonamides is 1. The van der Waals surface area contributed by atoms with Gasteiger partial charge in [0.05, 0.1) is 0 Å². The van der Waals surface area contributed by atoms with E-state index in [-0.39, 0.29) is 5.56 Å². The van der Waals surface area contributed by atoms with Crippen molar-refractivity contribution in [2.75, 3.05) is 0 Å². The van der Waals surface area contributed by atoms with Crippen molar-refractivity contribution in [1.29, 1.82) is 0 Å². The average molecular weight is 535 g/mol. The number of hydrogen-bond donors (Lipinski definition) is 2. The van der Waals surface area contributed by atoms with E-state index in [0.29, 0.717) is 10.5 Å².